The third-order valence-electron chi connectivity index (χ3n) is 2.88. The zero-order valence-electron chi connectivity index (χ0n) is 11.0. The van der Waals surface area contributed by atoms with Crippen molar-refractivity contribution in [3.05, 3.63) is 34.3 Å². The highest BCUT2D eigenvalue weighted by atomic mass is 79.9. The average molecular weight is 328 g/mol. The Morgan fingerprint density at radius 3 is 2.74 bits per heavy atom. The second-order valence-corrected chi connectivity index (χ2v) is 5.20. The van der Waals surface area contributed by atoms with Crippen LogP contribution in [-0.2, 0) is 4.79 Å². The van der Waals surface area contributed by atoms with Crippen LogP contribution in [-0.4, -0.2) is 42.9 Å². The van der Waals surface area contributed by atoms with Gasteiger partial charge in [0.1, 0.15) is 0 Å². The molecule has 1 unspecified atom stereocenters. The molecule has 3 N–H and O–H groups in total. The molecule has 2 amide bonds. The number of nitrogens with two attached hydrogens (primary N) is 1. The molecule has 0 radical (unpaired) electrons. The molecule has 104 valence electrons. The lowest BCUT2D eigenvalue weighted by molar-refractivity contribution is -0.130. The quantitative estimate of drug-likeness (QED) is 0.846. The highest BCUT2D eigenvalue weighted by molar-refractivity contribution is 9.10. The van der Waals surface area contributed by atoms with Gasteiger partial charge in [0.05, 0.1) is 6.54 Å². The standard InChI is InChI=1S/C13H18BrN3O2/c1-9(7-15)17(2)12(18)8-16-13(19)10-4-3-5-11(14)6-10/h3-6,9H,7-8,15H2,1-2H3,(H,16,19). The van der Waals surface area contributed by atoms with E-state index in [1.54, 1.807) is 25.2 Å². The number of hydrogen-bond donors (Lipinski definition) is 2. The van der Waals surface area contributed by atoms with Crippen molar-refractivity contribution in [2.45, 2.75) is 13.0 Å². The van der Waals surface area contributed by atoms with E-state index in [9.17, 15) is 9.59 Å². The first kappa shape index (κ1) is 15.7. The van der Waals surface area contributed by atoms with Crippen LogP contribution in [0.2, 0.25) is 0 Å². The third-order valence-corrected chi connectivity index (χ3v) is 3.38. The van der Waals surface area contributed by atoms with Crippen LogP contribution in [0.15, 0.2) is 28.7 Å². The summed E-state index contributed by atoms with van der Waals surface area (Å²) in [5.74, 6) is -0.440. The van der Waals surface area contributed by atoms with Gasteiger partial charge in [-0.15, -0.1) is 0 Å². The smallest absolute Gasteiger partial charge is 0.251 e. The summed E-state index contributed by atoms with van der Waals surface area (Å²) >= 11 is 3.29. The van der Waals surface area contributed by atoms with E-state index in [1.165, 1.54) is 4.90 Å². The molecule has 0 saturated carbocycles. The minimum atomic E-state index is -0.275. The lowest BCUT2D eigenvalue weighted by atomic mass is 10.2. The second-order valence-electron chi connectivity index (χ2n) is 4.28. The van der Waals surface area contributed by atoms with Gasteiger partial charge in [0, 0.05) is 29.7 Å². The summed E-state index contributed by atoms with van der Waals surface area (Å²) in [6.45, 7) is 2.21. The van der Waals surface area contributed by atoms with E-state index in [1.807, 2.05) is 13.0 Å². The zero-order chi connectivity index (χ0) is 14.4. The van der Waals surface area contributed by atoms with Crippen LogP contribution in [0.5, 0.6) is 0 Å². The molecule has 5 nitrogen and oxygen atoms in total. The Balaban J connectivity index is 2.53. The number of rotatable bonds is 5. The largest absolute Gasteiger partial charge is 0.343 e. The number of halogens is 1. The lowest BCUT2D eigenvalue weighted by Crippen LogP contribution is -2.44. The molecule has 6 heteroatoms. The van der Waals surface area contributed by atoms with Crippen LogP contribution >= 0.6 is 15.9 Å². The Kier molecular flexibility index (Phi) is 5.98. The molecule has 1 rings (SSSR count). The van der Waals surface area contributed by atoms with Gasteiger partial charge in [-0.25, -0.2) is 0 Å². The number of likely N-dealkylation sites (N-methyl/N-ethyl adjacent to an activating group) is 1. The van der Waals surface area contributed by atoms with Crippen molar-refractivity contribution in [3.63, 3.8) is 0 Å². The summed E-state index contributed by atoms with van der Waals surface area (Å²) in [6.07, 6.45) is 0. The summed E-state index contributed by atoms with van der Waals surface area (Å²) in [4.78, 5) is 25.2. The zero-order valence-corrected chi connectivity index (χ0v) is 12.6. The number of benzene rings is 1. The lowest BCUT2D eigenvalue weighted by Gasteiger charge is -2.23. The van der Waals surface area contributed by atoms with Crippen LogP contribution in [0.25, 0.3) is 0 Å². The molecule has 0 fully saturated rings. The van der Waals surface area contributed by atoms with Crippen molar-refractivity contribution >= 4 is 27.7 Å². The molecule has 1 aromatic rings. The SMILES string of the molecule is CC(CN)N(C)C(=O)CNC(=O)c1cccc(Br)c1. The van der Waals surface area contributed by atoms with Gasteiger partial charge in [0.15, 0.2) is 0 Å². The van der Waals surface area contributed by atoms with Crippen molar-refractivity contribution in [1.82, 2.24) is 10.2 Å². The predicted octanol–water partition coefficient (Wildman–Crippen LogP) is 0.985. The molecule has 1 aromatic carbocycles. The molecular formula is C13H18BrN3O2. The van der Waals surface area contributed by atoms with E-state index in [2.05, 4.69) is 21.2 Å². The van der Waals surface area contributed by atoms with Crippen LogP contribution < -0.4 is 11.1 Å². The Labute approximate surface area is 121 Å². The highest BCUT2D eigenvalue weighted by Gasteiger charge is 2.15. The Bertz CT molecular complexity index is 465. The fraction of sp³-hybridized carbons (Fsp3) is 0.385. The maximum absolute atomic E-state index is 11.8. The number of hydrogen-bond acceptors (Lipinski definition) is 3. The van der Waals surface area contributed by atoms with Crippen LogP contribution in [0.4, 0.5) is 0 Å². The van der Waals surface area contributed by atoms with E-state index in [0.29, 0.717) is 12.1 Å². The number of nitrogens with zero attached hydrogens (tertiary/aromatic N) is 1. The summed E-state index contributed by atoms with van der Waals surface area (Å²) in [7, 11) is 1.67. The maximum atomic E-state index is 11.8. The topological polar surface area (TPSA) is 75.4 Å². The first-order chi connectivity index (χ1) is 8.95. The van der Waals surface area contributed by atoms with Gasteiger partial charge in [-0.05, 0) is 25.1 Å². The molecule has 0 saturated heterocycles. The molecule has 0 aliphatic heterocycles. The van der Waals surface area contributed by atoms with Gasteiger partial charge in [-0.3, -0.25) is 9.59 Å². The molecule has 19 heavy (non-hydrogen) atoms. The van der Waals surface area contributed by atoms with Crippen molar-refractivity contribution < 1.29 is 9.59 Å². The third kappa shape index (κ3) is 4.65. The predicted molar refractivity (Wildman–Crippen MR) is 77.8 cm³/mol. The summed E-state index contributed by atoms with van der Waals surface area (Å²) in [5.41, 5.74) is 6.00. The summed E-state index contributed by atoms with van der Waals surface area (Å²) in [6, 6.07) is 6.94. The number of nitrogens with one attached hydrogen (secondary N) is 1. The number of carbonyl (C=O) groups is 2. The van der Waals surface area contributed by atoms with Gasteiger partial charge in [-0.1, -0.05) is 22.0 Å². The van der Waals surface area contributed by atoms with Crippen molar-refractivity contribution in [1.29, 1.82) is 0 Å². The van der Waals surface area contributed by atoms with Crippen LogP contribution in [0, 0.1) is 0 Å². The number of carbonyl (C=O) groups excluding carboxylic acids is 2. The van der Waals surface area contributed by atoms with E-state index >= 15 is 0 Å². The van der Waals surface area contributed by atoms with Crippen LogP contribution in [0.3, 0.4) is 0 Å². The number of amides is 2. The first-order valence-electron chi connectivity index (χ1n) is 5.95. The molecular weight excluding hydrogens is 310 g/mol. The molecule has 0 heterocycles. The fourth-order valence-corrected chi connectivity index (χ4v) is 1.82. The van der Waals surface area contributed by atoms with Gasteiger partial charge < -0.3 is 16.0 Å². The average Bonchev–Trinajstić information content (AvgIpc) is 2.42. The van der Waals surface area contributed by atoms with Crippen LogP contribution in [0.1, 0.15) is 17.3 Å². The van der Waals surface area contributed by atoms with Crippen molar-refractivity contribution in [2.24, 2.45) is 5.73 Å². The van der Waals surface area contributed by atoms with Crippen molar-refractivity contribution in [2.75, 3.05) is 20.1 Å². The molecule has 0 aliphatic rings. The normalized spacial score (nSPS) is 11.8. The molecule has 0 bridgehead atoms. The maximum Gasteiger partial charge on any atom is 0.251 e. The highest BCUT2D eigenvalue weighted by Crippen LogP contribution is 2.11. The first-order valence-corrected chi connectivity index (χ1v) is 6.74. The van der Waals surface area contributed by atoms with E-state index in [4.69, 9.17) is 5.73 Å². The monoisotopic (exact) mass is 327 g/mol. The van der Waals surface area contributed by atoms with E-state index in [0.717, 1.165) is 4.47 Å². The Hall–Kier alpha value is -1.40. The summed E-state index contributed by atoms with van der Waals surface area (Å²) in [5, 5.41) is 2.59. The van der Waals surface area contributed by atoms with Gasteiger partial charge in [-0.2, -0.15) is 0 Å². The minimum absolute atomic E-state index is 0.0355. The fourth-order valence-electron chi connectivity index (χ4n) is 1.42. The molecule has 0 aromatic heterocycles. The summed E-state index contributed by atoms with van der Waals surface area (Å²) < 4.78 is 0.820. The molecule has 1 atom stereocenters. The van der Waals surface area contributed by atoms with Gasteiger partial charge in [0.25, 0.3) is 5.91 Å². The molecule has 0 aliphatic carbocycles. The minimum Gasteiger partial charge on any atom is -0.343 e. The van der Waals surface area contributed by atoms with E-state index in [-0.39, 0.29) is 24.4 Å². The van der Waals surface area contributed by atoms with Crippen molar-refractivity contribution in [3.8, 4) is 0 Å². The Morgan fingerprint density at radius 1 is 1.47 bits per heavy atom. The second kappa shape index (κ2) is 7.25. The van der Waals surface area contributed by atoms with E-state index < -0.39 is 0 Å². The molecule has 0 spiro atoms. The Morgan fingerprint density at radius 2 is 2.16 bits per heavy atom. The van der Waals surface area contributed by atoms with Gasteiger partial charge in [0.2, 0.25) is 5.91 Å². The van der Waals surface area contributed by atoms with Gasteiger partial charge >= 0.3 is 0 Å².